The van der Waals surface area contributed by atoms with E-state index in [4.69, 9.17) is 19.9 Å². The van der Waals surface area contributed by atoms with Crippen molar-refractivity contribution < 1.29 is 0 Å². The molecular weight excluding hydrogens is 586 g/mol. The Kier molecular flexibility index (Phi) is 5.91. The highest BCUT2D eigenvalue weighted by atomic mass is 16.1. The van der Waals surface area contributed by atoms with Gasteiger partial charge in [0, 0.05) is 16.5 Å². The van der Waals surface area contributed by atoms with Gasteiger partial charge in [0.2, 0.25) is 11.7 Å². The minimum atomic E-state index is -0.316. The van der Waals surface area contributed by atoms with Crippen LogP contribution in [0.3, 0.4) is 0 Å². The normalized spacial score (nSPS) is 11.6. The highest BCUT2D eigenvalue weighted by Crippen LogP contribution is 2.31. The summed E-state index contributed by atoms with van der Waals surface area (Å²) in [6, 6.07) is 43.3. The van der Waals surface area contributed by atoms with Crippen molar-refractivity contribution in [1.82, 2.24) is 33.5 Å². The largest absolute Gasteiger partial charge is 0.269 e. The molecule has 0 saturated carbocycles. The molecule has 0 aliphatic heterocycles. The molecule has 0 aliphatic rings. The first-order valence-electron chi connectivity index (χ1n) is 15.1. The van der Waals surface area contributed by atoms with Crippen LogP contribution in [0, 0.1) is 0 Å². The molecule has 222 valence electrons. The van der Waals surface area contributed by atoms with E-state index in [1.807, 2.05) is 127 Å². The van der Waals surface area contributed by atoms with E-state index in [9.17, 15) is 9.59 Å². The molecule has 9 rings (SSSR count). The summed E-state index contributed by atoms with van der Waals surface area (Å²) in [6.07, 6.45) is 0. The Morgan fingerprint density at radius 2 is 1.02 bits per heavy atom. The SMILES string of the molecule is O=c1c2c3ccccc3n(-c3nc(-c4ccccc4)nc(-c4ccccc4)n3)c2n2c(=O)c3ccccc3nc2n1-c1ccccc1. The lowest BCUT2D eigenvalue weighted by molar-refractivity contribution is 0.897. The van der Waals surface area contributed by atoms with Crippen molar-refractivity contribution in [2.24, 2.45) is 0 Å². The van der Waals surface area contributed by atoms with E-state index in [0.29, 0.717) is 50.2 Å². The number of para-hydroxylation sites is 3. The van der Waals surface area contributed by atoms with Crippen LogP contribution in [0.5, 0.6) is 0 Å². The molecule has 47 heavy (non-hydrogen) atoms. The second-order valence-corrected chi connectivity index (χ2v) is 11.1. The molecule has 0 bridgehead atoms. The molecule has 0 spiro atoms. The molecule has 0 fully saturated rings. The van der Waals surface area contributed by atoms with Gasteiger partial charge >= 0.3 is 0 Å². The summed E-state index contributed by atoms with van der Waals surface area (Å²) in [6.45, 7) is 0. The monoisotopic (exact) mass is 609 g/mol. The van der Waals surface area contributed by atoms with Gasteiger partial charge in [0.1, 0.15) is 5.65 Å². The van der Waals surface area contributed by atoms with E-state index in [-0.39, 0.29) is 22.8 Å². The maximum absolute atomic E-state index is 14.8. The van der Waals surface area contributed by atoms with Gasteiger partial charge in [0.05, 0.1) is 27.5 Å². The van der Waals surface area contributed by atoms with Gasteiger partial charge in [-0.2, -0.15) is 9.97 Å². The Bertz CT molecular complexity index is 2710. The van der Waals surface area contributed by atoms with E-state index >= 15 is 0 Å². The first kappa shape index (κ1) is 26.6. The van der Waals surface area contributed by atoms with E-state index < -0.39 is 0 Å². The van der Waals surface area contributed by atoms with Crippen LogP contribution in [0.25, 0.3) is 73.0 Å². The Balaban J connectivity index is 1.51. The molecule has 0 aliphatic carbocycles. The highest BCUT2D eigenvalue weighted by Gasteiger charge is 2.26. The van der Waals surface area contributed by atoms with Gasteiger partial charge in [-0.05, 0) is 30.3 Å². The molecule has 0 amide bonds. The van der Waals surface area contributed by atoms with E-state index in [1.165, 1.54) is 8.97 Å². The second kappa shape index (κ2) is 10.4. The molecule has 9 heteroatoms. The van der Waals surface area contributed by atoms with Crippen molar-refractivity contribution in [2.45, 2.75) is 0 Å². The molecule has 0 saturated heterocycles. The van der Waals surface area contributed by atoms with Crippen LogP contribution in [-0.2, 0) is 0 Å². The topological polar surface area (TPSA) is 100.0 Å². The Morgan fingerprint density at radius 1 is 0.468 bits per heavy atom. The number of rotatable bonds is 4. The summed E-state index contributed by atoms with van der Waals surface area (Å²) in [7, 11) is 0. The second-order valence-electron chi connectivity index (χ2n) is 11.1. The van der Waals surface area contributed by atoms with Crippen LogP contribution in [0.2, 0.25) is 0 Å². The average Bonchev–Trinajstić information content (AvgIpc) is 3.48. The van der Waals surface area contributed by atoms with Crippen molar-refractivity contribution in [1.29, 1.82) is 0 Å². The lowest BCUT2D eigenvalue weighted by Gasteiger charge is -2.15. The van der Waals surface area contributed by atoms with Gasteiger partial charge in [-0.1, -0.05) is 109 Å². The lowest BCUT2D eigenvalue weighted by atomic mass is 10.2. The predicted octanol–water partition coefficient (Wildman–Crippen LogP) is 6.61. The number of aromatic nitrogens is 7. The number of nitrogens with zero attached hydrogens (tertiary/aromatic N) is 7. The molecule has 4 aromatic heterocycles. The molecule has 9 aromatic rings. The Hall–Kier alpha value is -6.74. The van der Waals surface area contributed by atoms with Crippen LogP contribution in [0.1, 0.15) is 0 Å². The Morgan fingerprint density at radius 3 is 1.68 bits per heavy atom. The minimum absolute atomic E-state index is 0.182. The summed E-state index contributed by atoms with van der Waals surface area (Å²) in [5.41, 5.74) is 3.04. The fourth-order valence-electron chi connectivity index (χ4n) is 6.22. The van der Waals surface area contributed by atoms with E-state index in [2.05, 4.69) is 0 Å². The standard InChI is InChI=1S/C38H23N7O2/c46-35-27-20-10-12-22-29(27)39-38-43(26-18-8-3-9-19-26)36(47)31-28-21-11-13-23-30(28)44(34(31)45(35)38)37-41-32(24-14-4-1-5-15-24)40-33(42-37)25-16-6-2-7-17-25/h1-23H. The van der Waals surface area contributed by atoms with Crippen LogP contribution in [0.15, 0.2) is 149 Å². The summed E-state index contributed by atoms with van der Waals surface area (Å²) in [4.78, 5) is 49.1. The molecule has 5 aromatic carbocycles. The van der Waals surface area contributed by atoms with E-state index in [0.717, 1.165) is 11.1 Å². The van der Waals surface area contributed by atoms with Gasteiger partial charge in [0.25, 0.3) is 11.1 Å². The highest BCUT2D eigenvalue weighted by molar-refractivity contribution is 6.08. The molecule has 0 N–H and O–H groups in total. The molecular formula is C38H23N7O2. The average molecular weight is 610 g/mol. The summed E-state index contributed by atoms with van der Waals surface area (Å²) in [5.74, 6) is 1.36. The third-order valence-electron chi connectivity index (χ3n) is 8.34. The number of hydrogen-bond acceptors (Lipinski definition) is 6. The lowest BCUT2D eigenvalue weighted by Crippen LogP contribution is -2.28. The van der Waals surface area contributed by atoms with Crippen LogP contribution < -0.4 is 11.1 Å². The van der Waals surface area contributed by atoms with Crippen molar-refractivity contribution in [2.75, 3.05) is 0 Å². The Labute approximate surface area is 266 Å². The number of benzene rings is 5. The van der Waals surface area contributed by atoms with Crippen molar-refractivity contribution in [3.63, 3.8) is 0 Å². The summed E-state index contributed by atoms with van der Waals surface area (Å²) < 4.78 is 4.80. The quantitative estimate of drug-likeness (QED) is 0.208. The third kappa shape index (κ3) is 4.10. The fraction of sp³-hybridized carbons (Fsp3) is 0. The predicted molar refractivity (Wildman–Crippen MR) is 183 cm³/mol. The first-order valence-corrected chi connectivity index (χ1v) is 15.1. The maximum Gasteiger partial charge on any atom is 0.269 e. The first-order chi connectivity index (χ1) is 23.2. The zero-order valence-electron chi connectivity index (χ0n) is 24.7. The van der Waals surface area contributed by atoms with Crippen molar-refractivity contribution in [3.8, 4) is 34.4 Å². The number of hydrogen-bond donors (Lipinski definition) is 0. The van der Waals surface area contributed by atoms with Gasteiger partial charge in [-0.15, -0.1) is 0 Å². The molecule has 0 unspecified atom stereocenters. The van der Waals surface area contributed by atoms with Crippen LogP contribution in [0.4, 0.5) is 0 Å². The van der Waals surface area contributed by atoms with Crippen molar-refractivity contribution in [3.05, 3.63) is 160 Å². The minimum Gasteiger partial charge on any atom is -0.268 e. The van der Waals surface area contributed by atoms with E-state index in [1.54, 1.807) is 16.7 Å². The molecule has 4 heterocycles. The molecule has 0 radical (unpaired) electrons. The third-order valence-corrected chi connectivity index (χ3v) is 8.34. The van der Waals surface area contributed by atoms with Crippen molar-refractivity contribution >= 4 is 38.6 Å². The van der Waals surface area contributed by atoms with Gasteiger partial charge in [-0.25, -0.2) is 18.9 Å². The van der Waals surface area contributed by atoms with Gasteiger partial charge < -0.3 is 0 Å². The molecule has 9 nitrogen and oxygen atoms in total. The van der Waals surface area contributed by atoms with Crippen LogP contribution >= 0.6 is 0 Å². The van der Waals surface area contributed by atoms with Gasteiger partial charge in [0.15, 0.2) is 11.6 Å². The number of fused-ring (bicyclic) bond motifs is 6. The zero-order valence-corrected chi connectivity index (χ0v) is 24.7. The summed E-state index contributed by atoms with van der Waals surface area (Å²) in [5, 5.41) is 1.42. The zero-order chi connectivity index (χ0) is 31.5. The molecule has 0 atom stereocenters. The summed E-state index contributed by atoms with van der Waals surface area (Å²) >= 11 is 0. The fourth-order valence-corrected chi connectivity index (χ4v) is 6.22. The maximum atomic E-state index is 14.8. The van der Waals surface area contributed by atoms with Crippen LogP contribution in [-0.4, -0.2) is 33.5 Å². The smallest absolute Gasteiger partial charge is 0.268 e. The van der Waals surface area contributed by atoms with Gasteiger partial charge in [-0.3, -0.25) is 14.2 Å².